The molecule has 0 heterocycles. The third-order valence-electron chi connectivity index (χ3n) is 1.89. The molecule has 0 aromatic heterocycles. The lowest BCUT2D eigenvalue weighted by molar-refractivity contribution is -0.126. The Morgan fingerprint density at radius 3 is 2.80 bits per heavy atom. The number of nitrogens with one attached hydrogen (secondary N) is 1. The van der Waals surface area contributed by atoms with Gasteiger partial charge in [0.15, 0.2) is 0 Å². The highest BCUT2D eigenvalue weighted by Crippen LogP contribution is 2.03. The maximum Gasteiger partial charge on any atom is 0.246 e. The molecule has 1 amide bonds. The topological polar surface area (TPSA) is 38.3 Å². The Morgan fingerprint density at radius 2 is 2.20 bits per heavy atom. The molecule has 0 rings (SSSR count). The van der Waals surface area contributed by atoms with Crippen LogP contribution in [0.15, 0.2) is 0 Å². The molecule has 0 aromatic carbocycles. The van der Waals surface area contributed by atoms with Crippen LogP contribution in [0.1, 0.15) is 33.6 Å². The molecule has 0 bridgehead atoms. The molecule has 0 spiro atoms. The van der Waals surface area contributed by atoms with E-state index in [-0.39, 0.29) is 18.6 Å². The van der Waals surface area contributed by atoms with Crippen molar-refractivity contribution in [2.45, 2.75) is 39.7 Å². The maximum absolute atomic E-state index is 11.3. The van der Waals surface area contributed by atoms with Gasteiger partial charge in [0.25, 0.3) is 0 Å². The molecule has 0 radical (unpaired) electrons. The minimum absolute atomic E-state index is 0.00236. The van der Waals surface area contributed by atoms with Crippen LogP contribution in [0.5, 0.6) is 0 Å². The summed E-state index contributed by atoms with van der Waals surface area (Å²) < 4.78 is 5.15. The minimum Gasteiger partial charge on any atom is -0.372 e. The number of carbonyl (C=O) groups excluding carboxylic acids is 1. The molecule has 0 fully saturated rings. The number of carbonyl (C=O) groups is 1. The Hall–Kier alpha value is -0.220. The van der Waals surface area contributed by atoms with E-state index >= 15 is 0 Å². The second-order valence-electron chi connectivity index (χ2n) is 3.51. The van der Waals surface area contributed by atoms with Gasteiger partial charge in [0.05, 0.1) is 0 Å². The molecule has 4 heteroatoms. The quantitative estimate of drug-likeness (QED) is 0.620. The number of ether oxygens (including phenoxy) is 1. The zero-order valence-corrected chi connectivity index (χ0v) is 10.9. The molecule has 90 valence electrons. The summed E-state index contributed by atoms with van der Waals surface area (Å²) in [5, 5.41) is 2.92. The lowest BCUT2D eigenvalue weighted by Gasteiger charge is -2.13. The van der Waals surface area contributed by atoms with Crippen LogP contribution < -0.4 is 5.32 Å². The summed E-state index contributed by atoms with van der Waals surface area (Å²) in [5.41, 5.74) is 0. The molecule has 0 aliphatic carbocycles. The summed E-state index contributed by atoms with van der Waals surface area (Å²) in [7, 11) is 0. The van der Waals surface area contributed by atoms with Crippen LogP contribution in [-0.4, -0.2) is 36.7 Å². The first-order valence-electron chi connectivity index (χ1n) is 5.65. The van der Waals surface area contributed by atoms with Gasteiger partial charge in [0.1, 0.15) is 6.61 Å². The Bertz CT molecular complexity index is 165. The van der Waals surface area contributed by atoms with Gasteiger partial charge in [-0.1, -0.05) is 13.8 Å². The molecule has 1 atom stereocenters. The molecule has 0 aliphatic rings. The van der Waals surface area contributed by atoms with Gasteiger partial charge >= 0.3 is 0 Å². The zero-order valence-electron chi connectivity index (χ0n) is 10.0. The van der Waals surface area contributed by atoms with Gasteiger partial charge in [-0.3, -0.25) is 4.79 Å². The van der Waals surface area contributed by atoms with Crippen molar-refractivity contribution in [1.82, 2.24) is 5.32 Å². The van der Waals surface area contributed by atoms with Gasteiger partial charge in [-0.05, 0) is 31.3 Å². The number of hydrogen-bond donors (Lipinski definition) is 1. The SMILES string of the molecule is CCCOCC(=O)NC(C)CCSCC. The van der Waals surface area contributed by atoms with Gasteiger partial charge in [-0.15, -0.1) is 0 Å². The highest BCUT2D eigenvalue weighted by Gasteiger charge is 2.06. The summed E-state index contributed by atoms with van der Waals surface area (Å²) in [6.45, 7) is 7.07. The third kappa shape index (κ3) is 10.1. The highest BCUT2D eigenvalue weighted by atomic mass is 32.2. The molecular weight excluding hydrogens is 210 g/mol. The average molecular weight is 233 g/mol. The van der Waals surface area contributed by atoms with Crippen molar-refractivity contribution in [3.05, 3.63) is 0 Å². The Morgan fingerprint density at radius 1 is 1.47 bits per heavy atom. The van der Waals surface area contributed by atoms with Crippen molar-refractivity contribution in [2.75, 3.05) is 24.7 Å². The van der Waals surface area contributed by atoms with E-state index in [4.69, 9.17) is 4.74 Å². The van der Waals surface area contributed by atoms with Crippen LogP contribution in [0.4, 0.5) is 0 Å². The fourth-order valence-electron chi connectivity index (χ4n) is 1.10. The summed E-state index contributed by atoms with van der Waals surface area (Å²) in [5.74, 6) is 2.24. The number of hydrogen-bond acceptors (Lipinski definition) is 3. The van der Waals surface area contributed by atoms with Gasteiger partial charge in [-0.25, -0.2) is 0 Å². The van der Waals surface area contributed by atoms with E-state index in [1.54, 1.807) is 0 Å². The molecular formula is C11H23NO2S. The summed E-state index contributed by atoms with van der Waals surface area (Å²) in [6.07, 6.45) is 1.98. The molecule has 1 N–H and O–H groups in total. The zero-order chi connectivity index (χ0) is 11.5. The van der Waals surface area contributed by atoms with Crippen molar-refractivity contribution in [3.8, 4) is 0 Å². The third-order valence-corrected chi connectivity index (χ3v) is 2.82. The van der Waals surface area contributed by atoms with Gasteiger partial charge in [0.2, 0.25) is 5.91 Å². The molecule has 3 nitrogen and oxygen atoms in total. The van der Waals surface area contributed by atoms with Crippen molar-refractivity contribution < 1.29 is 9.53 Å². The predicted molar refractivity (Wildman–Crippen MR) is 66.3 cm³/mol. The minimum atomic E-state index is -0.00236. The van der Waals surface area contributed by atoms with Crippen molar-refractivity contribution >= 4 is 17.7 Å². The highest BCUT2D eigenvalue weighted by molar-refractivity contribution is 7.99. The molecule has 0 saturated carbocycles. The van der Waals surface area contributed by atoms with E-state index in [1.807, 2.05) is 25.6 Å². The summed E-state index contributed by atoms with van der Waals surface area (Å²) >= 11 is 1.90. The van der Waals surface area contributed by atoms with Gasteiger partial charge in [0, 0.05) is 12.6 Å². The van der Waals surface area contributed by atoms with Crippen LogP contribution in [-0.2, 0) is 9.53 Å². The van der Waals surface area contributed by atoms with Gasteiger partial charge < -0.3 is 10.1 Å². The van der Waals surface area contributed by atoms with Crippen LogP contribution in [0, 0.1) is 0 Å². The Labute approximate surface area is 97.3 Å². The normalized spacial score (nSPS) is 12.5. The first-order chi connectivity index (χ1) is 7.20. The molecule has 0 aromatic rings. The van der Waals surface area contributed by atoms with E-state index < -0.39 is 0 Å². The Balaban J connectivity index is 3.40. The van der Waals surface area contributed by atoms with E-state index in [1.165, 1.54) is 0 Å². The molecule has 0 saturated heterocycles. The Kier molecular flexibility index (Phi) is 10.2. The fraction of sp³-hybridized carbons (Fsp3) is 0.909. The number of rotatable bonds is 9. The van der Waals surface area contributed by atoms with E-state index in [0.29, 0.717) is 6.61 Å². The first-order valence-corrected chi connectivity index (χ1v) is 6.81. The largest absolute Gasteiger partial charge is 0.372 e. The number of amides is 1. The molecule has 0 aliphatic heterocycles. The van der Waals surface area contributed by atoms with Crippen LogP contribution >= 0.6 is 11.8 Å². The molecule has 1 unspecified atom stereocenters. The van der Waals surface area contributed by atoms with E-state index in [9.17, 15) is 4.79 Å². The number of thioether (sulfide) groups is 1. The average Bonchev–Trinajstić information content (AvgIpc) is 2.18. The standard InChI is InChI=1S/C11H23NO2S/c1-4-7-14-9-11(13)12-10(3)6-8-15-5-2/h10H,4-9H2,1-3H3,(H,12,13). The predicted octanol–water partition coefficient (Wildman–Crippen LogP) is 2.06. The molecule has 15 heavy (non-hydrogen) atoms. The van der Waals surface area contributed by atoms with E-state index in [2.05, 4.69) is 12.2 Å². The van der Waals surface area contributed by atoms with Crippen molar-refractivity contribution in [3.63, 3.8) is 0 Å². The van der Waals surface area contributed by atoms with Crippen molar-refractivity contribution in [1.29, 1.82) is 0 Å². The fourth-order valence-corrected chi connectivity index (χ4v) is 1.91. The second-order valence-corrected chi connectivity index (χ2v) is 4.90. The summed E-state index contributed by atoms with van der Waals surface area (Å²) in [4.78, 5) is 11.3. The van der Waals surface area contributed by atoms with Crippen LogP contribution in [0.2, 0.25) is 0 Å². The summed E-state index contributed by atoms with van der Waals surface area (Å²) in [6, 6.07) is 0.252. The smallest absolute Gasteiger partial charge is 0.246 e. The van der Waals surface area contributed by atoms with Crippen LogP contribution in [0.25, 0.3) is 0 Å². The lowest BCUT2D eigenvalue weighted by atomic mass is 10.2. The van der Waals surface area contributed by atoms with Crippen molar-refractivity contribution in [2.24, 2.45) is 0 Å². The first kappa shape index (κ1) is 14.8. The maximum atomic E-state index is 11.3. The van der Waals surface area contributed by atoms with Gasteiger partial charge in [-0.2, -0.15) is 11.8 Å². The lowest BCUT2D eigenvalue weighted by Crippen LogP contribution is -2.35. The monoisotopic (exact) mass is 233 g/mol. The second kappa shape index (κ2) is 10.3. The van der Waals surface area contributed by atoms with Crippen LogP contribution in [0.3, 0.4) is 0 Å². The van der Waals surface area contributed by atoms with E-state index in [0.717, 1.165) is 24.3 Å².